The molecular formula is C18H17NO2. The summed E-state index contributed by atoms with van der Waals surface area (Å²) in [5, 5.41) is 5.20. The van der Waals surface area contributed by atoms with Crippen molar-refractivity contribution in [3.8, 4) is 0 Å². The summed E-state index contributed by atoms with van der Waals surface area (Å²) in [7, 11) is 0. The Morgan fingerprint density at radius 3 is 2.33 bits per heavy atom. The lowest BCUT2D eigenvalue weighted by Gasteiger charge is -2.07. The van der Waals surface area contributed by atoms with Crippen molar-refractivity contribution in [2.45, 2.75) is 20.8 Å². The number of carbonyl (C=O) groups is 1. The Bertz CT molecular complexity index is 830. The highest BCUT2D eigenvalue weighted by Gasteiger charge is 2.18. The number of nitrogens with one attached hydrogen (secondary N) is 1. The highest BCUT2D eigenvalue weighted by molar-refractivity contribution is 6.07. The minimum absolute atomic E-state index is 0.128. The third kappa shape index (κ3) is 2.42. The fourth-order valence-electron chi connectivity index (χ4n) is 2.59. The van der Waals surface area contributed by atoms with E-state index in [-0.39, 0.29) is 5.91 Å². The largest absolute Gasteiger partial charge is 0.466 e. The predicted octanol–water partition coefficient (Wildman–Crippen LogP) is 4.61. The van der Waals surface area contributed by atoms with E-state index < -0.39 is 0 Å². The van der Waals surface area contributed by atoms with E-state index in [9.17, 15) is 4.79 Å². The SMILES string of the molecule is Cc1oc(C)c(C(=O)Nc2ccc3ccccc3c2)c1C. The summed E-state index contributed by atoms with van der Waals surface area (Å²) in [5.41, 5.74) is 2.31. The molecule has 0 bridgehead atoms. The van der Waals surface area contributed by atoms with E-state index in [1.165, 1.54) is 0 Å². The van der Waals surface area contributed by atoms with Crippen molar-refractivity contribution in [3.63, 3.8) is 0 Å². The van der Waals surface area contributed by atoms with Gasteiger partial charge in [0.25, 0.3) is 5.91 Å². The molecule has 1 heterocycles. The van der Waals surface area contributed by atoms with E-state index in [1.807, 2.05) is 57.2 Å². The van der Waals surface area contributed by atoms with Crippen LogP contribution in [-0.4, -0.2) is 5.91 Å². The zero-order valence-electron chi connectivity index (χ0n) is 12.4. The molecule has 3 nitrogen and oxygen atoms in total. The number of amides is 1. The topological polar surface area (TPSA) is 42.2 Å². The number of anilines is 1. The first-order chi connectivity index (χ1) is 10.1. The fraction of sp³-hybridized carbons (Fsp3) is 0.167. The van der Waals surface area contributed by atoms with Crippen molar-refractivity contribution >= 4 is 22.4 Å². The van der Waals surface area contributed by atoms with Gasteiger partial charge in [-0.15, -0.1) is 0 Å². The molecular weight excluding hydrogens is 262 g/mol. The van der Waals surface area contributed by atoms with Crippen LogP contribution in [0.2, 0.25) is 0 Å². The van der Waals surface area contributed by atoms with Crippen LogP contribution < -0.4 is 5.32 Å². The van der Waals surface area contributed by atoms with Gasteiger partial charge in [-0.2, -0.15) is 0 Å². The lowest BCUT2D eigenvalue weighted by molar-refractivity contribution is 0.102. The van der Waals surface area contributed by atoms with Gasteiger partial charge in [-0.1, -0.05) is 30.3 Å². The Labute approximate surface area is 123 Å². The highest BCUT2D eigenvalue weighted by Crippen LogP contribution is 2.23. The lowest BCUT2D eigenvalue weighted by atomic mass is 10.1. The third-order valence-electron chi connectivity index (χ3n) is 3.80. The summed E-state index contributed by atoms with van der Waals surface area (Å²) in [4.78, 5) is 12.4. The van der Waals surface area contributed by atoms with Gasteiger partial charge < -0.3 is 9.73 Å². The van der Waals surface area contributed by atoms with E-state index >= 15 is 0 Å². The summed E-state index contributed by atoms with van der Waals surface area (Å²) < 4.78 is 5.51. The highest BCUT2D eigenvalue weighted by atomic mass is 16.3. The van der Waals surface area contributed by atoms with Crippen LogP contribution in [-0.2, 0) is 0 Å². The number of hydrogen-bond donors (Lipinski definition) is 1. The Morgan fingerprint density at radius 1 is 0.952 bits per heavy atom. The van der Waals surface area contributed by atoms with Crippen LogP contribution in [0.15, 0.2) is 46.9 Å². The first-order valence-corrected chi connectivity index (χ1v) is 6.93. The predicted molar refractivity (Wildman–Crippen MR) is 84.8 cm³/mol. The second-order valence-electron chi connectivity index (χ2n) is 5.23. The molecule has 0 aliphatic rings. The van der Waals surface area contributed by atoms with Crippen LogP contribution in [0, 0.1) is 20.8 Å². The average Bonchev–Trinajstić information content (AvgIpc) is 2.72. The van der Waals surface area contributed by atoms with Gasteiger partial charge in [0.05, 0.1) is 5.56 Å². The molecule has 0 atom stereocenters. The zero-order chi connectivity index (χ0) is 15.0. The van der Waals surface area contributed by atoms with Crippen molar-refractivity contribution in [3.05, 3.63) is 65.1 Å². The molecule has 106 valence electrons. The van der Waals surface area contributed by atoms with Crippen LogP contribution in [0.4, 0.5) is 5.69 Å². The number of benzene rings is 2. The number of aryl methyl sites for hydroxylation is 2. The molecule has 0 fully saturated rings. The molecule has 0 unspecified atom stereocenters. The minimum Gasteiger partial charge on any atom is -0.466 e. The van der Waals surface area contributed by atoms with Crippen LogP contribution in [0.25, 0.3) is 10.8 Å². The average molecular weight is 279 g/mol. The van der Waals surface area contributed by atoms with Gasteiger partial charge in [0.15, 0.2) is 0 Å². The molecule has 0 aliphatic carbocycles. The van der Waals surface area contributed by atoms with E-state index in [4.69, 9.17) is 4.42 Å². The molecule has 3 rings (SSSR count). The molecule has 3 aromatic rings. The molecule has 0 spiro atoms. The van der Waals surface area contributed by atoms with Gasteiger partial charge in [0.1, 0.15) is 11.5 Å². The normalized spacial score (nSPS) is 10.8. The fourth-order valence-corrected chi connectivity index (χ4v) is 2.59. The van der Waals surface area contributed by atoms with Crippen LogP contribution in [0.3, 0.4) is 0 Å². The first-order valence-electron chi connectivity index (χ1n) is 6.93. The van der Waals surface area contributed by atoms with Crippen molar-refractivity contribution in [2.24, 2.45) is 0 Å². The zero-order valence-corrected chi connectivity index (χ0v) is 12.4. The maximum Gasteiger partial charge on any atom is 0.259 e. The van der Waals surface area contributed by atoms with Gasteiger partial charge in [-0.3, -0.25) is 4.79 Å². The summed E-state index contributed by atoms with van der Waals surface area (Å²) in [6, 6.07) is 14.0. The number of carbonyl (C=O) groups excluding carboxylic acids is 1. The van der Waals surface area contributed by atoms with Crippen molar-refractivity contribution < 1.29 is 9.21 Å². The molecule has 0 aliphatic heterocycles. The summed E-state index contributed by atoms with van der Waals surface area (Å²) >= 11 is 0. The quantitative estimate of drug-likeness (QED) is 0.744. The lowest BCUT2D eigenvalue weighted by Crippen LogP contribution is -2.13. The van der Waals surface area contributed by atoms with Gasteiger partial charge in [-0.05, 0) is 43.7 Å². The van der Waals surface area contributed by atoms with Crippen LogP contribution in [0.5, 0.6) is 0 Å². The third-order valence-corrected chi connectivity index (χ3v) is 3.80. The van der Waals surface area contributed by atoms with E-state index in [0.29, 0.717) is 11.3 Å². The second kappa shape index (κ2) is 5.09. The number of rotatable bonds is 2. The first kappa shape index (κ1) is 13.4. The van der Waals surface area contributed by atoms with Crippen molar-refractivity contribution in [2.75, 3.05) is 5.32 Å². The van der Waals surface area contributed by atoms with Crippen LogP contribution in [0.1, 0.15) is 27.4 Å². The van der Waals surface area contributed by atoms with E-state index in [2.05, 4.69) is 11.4 Å². The molecule has 1 amide bonds. The van der Waals surface area contributed by atoms with Gasteiger partial charge in [0.2, 0.25) is 0 Å². The number of fused-ring (bicyclic) bond motifs is 1. The molecule has 0 radical (unpaired) electrons. The Morgan fingerprint density at radius 2 is 1.67 bits per heavy atom. The van der Waals surface area contributed by atoms with Crippen molar-refractivity contribution in [1.29, 1.82) is 0 Å². The summed E-state index contributed by atoms with van der Waals surface area (Å²) in [6.07, 6.45) is 0. The monoisotopic (exact) mass is 279 g/mol. The summed E-state index contributed by atoms with van der Waals surface area (Å²) in [5.74, 6) is 1.32. The number of hydrogen-bond acceptors (Lipinski definition) is 2. The standard InChI is InChI=1S/C18H17NO2/c1-11-12(2)21-13(3)17(11)18(20)19-16-9-8-14-6-4-5-7-15(14)10-16/h4-10H,1-3H3,(H,19,20). The van der Waals surface area contributed by atoms with Crippen LogP contribution >= 0.6 is 0 Å². The molecule has 1 N–H and O–H groups in total. The van der Waals surface area contributed by atoms with Gasteiger partial charge in [0, 0.05) is 11.3 Å². The smallest absolute Gasteiger partial charge is 0.259 e. The second-order valence-corrected chi connectivity index (χ2v) is 5.23. The van der Waals surface area contributed by atoms with Gasteiger partial charge >= 0.3 is 0 Å². The molecule has 0 saturated heterocycles. The maximum atomic E-state index is 12.4. The minimum atomic E-state index is -0.128. The summed E-state index contributed by atoms with van der Waals surface area (Å²) in [6.45, 7) is 5.59. The molecule has 2 aromatic carbocycles. The van der Waals surface area contributed by atoms with Crippen molar-refractivity contribution in [1.82, 2.24) is 0 Å². The maximum absolute atomic E-state index is 12.4. The molecule has 21 heavy (non-hydrogen) atoms. The molecule has 0 saturated carbocycles. The number of furan rings is 1. The molecule has 1 aromatic heterocycles. The van der Waals surface area contributed by atoms with E-state index in [1.54, 1.807) is 0 Å². The Kier molecular flexibility index (Phi) is 3.26. The van der Waals surface area contributed by atoms with E-state index in [0.717, 1.165) is 27.8 Å². The Hall–Kier alpha value is -2.55. The Balaban J connectivity index is 1.92. The van der Waals surface area contributed by atoms with Gasteiger partial charge in [-0.25, -0.2) is 0 Å². The molecule has 3 heteroatoms.